The van der Waals surface area contributed by atoms with Gasteiger partial charge < -0.3 is 20.5 Å². The van der Waals surface area contributed by atoms with E-state index in [1.54, 1.807) is 0 Å². The van der Waals surface area contributed by atoms with E-state index >= 15 is 0 Å². The van der Waals surface area contributed by atoms with E-state index in [0.29, 0.717) is 0 Å². The summed E-state index contributed by atoms with van der Waals surface area (Å²) in [5, 5.41) is 21.8. The fraction of sp³-hybridized carbons (Fsp3) is 0.119. The predicted octanol–water partition coefficient (Wildman–Crippen LogP) is 9.26. The SMILES string of the molecule is O=C(C[C@H](NC(=O)OCC1c2cc(C#CSI)ccc2-c2ccc(C#CSI)cc21)C(=O)O)NC(c1ccccc1)(c1ccccc1)c1ccccc1. The number of halogens is 2. The Bertz CT molecular complexity index is 2080. The number of hydrogen-bond donors (Lipinski definition) is 3. The third-order valence-electron chi connectivity index (χ3n) is 8.92. The zero-order chi connectivity index (χ0) is 37.2. The fourth-order valence-corrected chi connectivity index (χ4v) is 7.59. The van der Waals surface area contributed by atoms with Crippen molar-refractivity contribution in [2.24, 2.45) is 0 Å². The first kappa shape index (κ1) is 38.3. The number of carbonyl (C=O) groups excluding carboxylic acids is 2. The van der Waals surface area contributed by atoms with Crippen molar-refractivity contribution in [3.63, 3.8) is 0 Å². The lowest BCUT2D eigenvalue weighted by Gasteiger charge is -2.37. The second kappa shape index (κ2) is 18.1. The van der Waals surface area contributed by atoms with Crippen LogP contribution in [0.5, 0.6) is 0 Å². The molecular weight excluding hydrogens is 930 g/mol. The molecule has 264 valence electrons. The van der Waals surface area contributed by atoms with Crippen molar-refractivity contribution in [3.8, 4) is 33.5 Å². The lowest BCUT2D eigenvalue weighted by Crippen LogP contribution is -2.51. The first-order chi connectivity index (χ1) is 25.8. The largest absolute Gasteiger partial charge is 0.480 e. The van der Waals surface area contributed by atoms with E-state index in [1.165, 1.54) is 17.9 Å². The number of carboxylic acids is 1. The van der Waals surface area contributed by atoms with E-state index in [-0.39, 0.29) is 12.5 Å². The third-order valence-corrected chi connectivity index (χ3v) is 10.6. The third kappa shape index (κ3) is 8.87. The number of rotatable bonds is 10. The highest BCUT2D eigenvalue weighted by Crippen LogP contribution is 2.46. The minimum absolute atomic E-state index is 0.0701. The summed E-state index contributed by atoms with van der Waals surface area (Å²) >= 11 is 4.24. The molecule has 53 heavy (non-hydrogen) atoms. The lowest BCUT2D eigenvalue weighted by atomic mass is 9.77. The average molecular weight is 961 g/mol. The van der Waals surface area contributed by atoms with Gasteiger partial charge in [-0.1, -0.05) is 115 Å². The van der Waals surface area contributed by atoms with E-state index in [1.807, 2.05) is 127 Å². The molecule has 0 aliphatic heterocycles. The summed E-state index contributed by atoms with van der Waals surface area (Å²) in [6, 6.07) is 38.9. The number of alkyl carbamates (subject to hydrolysis) is 1. The van der Waals surface area contributed by atoms with Crippen LogP contribution in [0.25, 0.3) is 11.1 Å². The Labute approximate surface area is 340 Å². The number of benzene rings is 5. The van der Waals surface area contributed by atoms with Gasteiger partial charge in [0.1, 0.15) is 18.2 Å². The molecule has 2 amide bonds. The topological polar surface area (TPSA) is 105 Å². The molecule has 0 saturated carbocycles. The summed E-state index contributed by atoms with van der Waals surface area (Å²) in [5.41, 5.74) is 6.75. The second-order valence-corrected chi connectivity index (χ2v) is 15.4. The monoisotopic (exact) mass is 960 g/mol. The number of hydrogen-bond acceptors (Lipinski definition) is 6. The van der Waals surface area contributed by atoms with Gasteiger partial charge in [-0.3, -0.25) is 4.79 Å². The van der Waals surface area contributed by atoms with E-state index in [0.717, 1.165) is 50.1 Å². The van der Waals surface area contributed by atoms with Crippen molar-refractivity contribution in [2.75, 3.05) is 6.61 Å². The first-order valence-corrected chi connectivity index (χ1v) is 23.0. The maximum Gasteiger partial charge on any atom is 0.407 e. The van der Waals surface area contributed by atoms with Crippen LogP contribution in [0.3, 0.4) is 0 Å². The number of fused-ring (bicyclic) bond motifs is 3. The van der Waals surface area contributed by atoms with E-state index in [4.69, 9.17) is 4.74 Å². The summed E-state index contributed by atoms with van der Waals surface area (Å²) in [6.45, 7) is -0.0701. The molecule has 6 rings (SSSR count). The summed E-state index contributed by atoms with van der Waals surface area (Å²) < 4.78 is 5.73. The second-order valence-electron chi connectivity index (χ2n) is 12.0. The van der Waals surface area contributed by atoms with Crippen LogP contribution in [0.2, 0.25) is 0 Å². The maximum atomic E-state index is 13.9. The molecule has 3 N–H and O–H groups in total. The van der Waals surface area contributed by atoms with Gasteiger partial charge in [-0.25, -0.2) is 9.59 Å². The smallest absolute Gasteiger partial charge is 0.407 e. The van der Waals surface area contributed by atoms with Gasteiger partial charge in [0, 0.05) is 59.5 Å². The molecule has 5 aromatic carbocycles. The quantitative estimate of drug-likeness (QED) is 0.0729. The first-order valence-electron chi connectivity index (χ1n) is 16.3. The summed E-state index contributed by atoms with van der Waals surface area (Å²) in [7, 11) is 2.78. The summed E-state index contributed by atoms with van der Waals surface area (Å²) in [4.78, 5) is 39.7. The molecule has 0 spiro atoms. The zero-order valence-electron chi connectivity index (χ0n) is 27.8. The number of amides is 2. The van der Waals surface area contributed by atoms with Crippen molar-refractivity contribution in [1.82, 2.24) is 10.6 Å². The highest BCUT2D eigenvalue weighted by atomic mass is 127. The lowest BCUT2D eigenvalue weighted by molar-refractivity contribution is -0.141. The van der Waals surface area contributed by atoms with Crippen molar-refractivity contribution < 1.29 is 24.2 Å². The molecule has 7 nitrogen and oxygen atoms in total. The maximum absolute atomic E-state index is 13.9. The van der Waals surface area contributed by atoms with Gasteiger partial charge in [-0.2, -0.15) is 0 Å². The minimum atomic E-state index is -1.56. The van der Waals surface area contributed by atoms with Gasteiger partial charge in [-0.15, -0.1) is 0 Å². The van der Waals surface area contributed by atoms with E-state index in [2.05, 4.69) is 75.4 Å². The van der Waals surface area contributed by atoms with E-state index in [9.17, 15) is 19.5 Å². The average Bonchev–Trinajstić information content (AvgIpc) is 3.50. The minimum Gasteiger partial charge on any atom is -0.480 e. The Morgan fingerprint density at radius 1 is 0.717 bits per heavy atom. The highest BCUT2D eigenvalue weighted by molar-refractivity contribution is 14.2. The molecule has 0 fully saturated rings. The molecule has 0 saturated heterocycles. The van der Waals surface area contributed by atoms with Gasteiger partial charge in [-0.05, 0) is 91.6 Å². The van der Waals surface area contributed by atoms with Crippen LogP contribution < -0.4 is 10.6 Å². The van der Waals surface area contributed by atoms with Crippen molar-refractivity contribution in [2.45, 2.75) is 23.9 Å². The van der Waals surface area contributed by atoms with Crippen LogP contribution in [0.4, 0.5) is 4.79 Å². The Morgan fingerprint density at radius 2 is 1.17 bits per heavy atom. The van der Waals surface area contributed by atoms with Crippen LogP contribution in [0.15, 0.2) is 127 Å². The number of aliphatic carboxylic acids is 1. The van der Waals surface area contributed by atoms with Gasteiger partial charge in [0.2, 0.25) is 5.91 Å². The summed E-state index contributed by atoms with van der Waals surface area (Å²) in [6.07, 6.45) is -1.49. The van der Waals surface area contributed by atoms with Gasteiger partial charge in [0.15, 0.2) is 0 Å². The summed E-state index contributed by atoms with van der Waals surface area (Å²) in [5.74, 6) is 3.98. The van der Waals surface area contributed by atoms with Crippen molar-refractivity contribution in [3.05, 3.63) is 166 Å². The Morgan fingerprint density at radius 3 is 1.58 bits per heavy atom. The van der Waals surface area contributed by atoms with Gasteiger partial charge in [0.25, 0.3) is 0 Å². The molecule has 1 aliphatic rings. The molecule has 11 heteroatoms. The zero-order valence-corrected chi connectivity index (χ0v) is 33.8. The molecule has 0 radical (unpaired) electrons. The Kier molecular flexibility index (Phi) is 13.1. The van der Waals surface area contributed by atoms with Crippen LogP contribution in [0.1, 0.15) is 51.3 Å². The number of nitrogens with one attached hydrogen (secondary N) is 2. The fourth-order valence-electron chi connectivity index (χ4n) is 6.62. The number of carboxylic acid groups (broad SMARTS) is 1. The van der Waals surface area contributed by atoms with Gasteiger partial charge >= 0.3 is 12.1 Å². The Hall–Kier alpha value is -4.41. The normalized spacial score (nSPS) is 12.1. The van der Waals surface area contributed by atoms with Crippen LogP contribution in [-0.2, 0) is 19.9 Å². The number of ether oxygens (including phenoxy) is 1. The number of carbonyl (C=O) groups is 3. The molecule has 5 aromatic rings. The standard InChI is InChI=1S/C42H30I2N2O5S2/c43-52-22-20-28-16-18-33-34-19-17-29(21-23-53-44)25-36(34)37(35(33)24-28)27-51-41(50)45-38(40(48)49)26-39(47)46-42(30-10-4-1-5-11-30,31-12-6-2-7-13-31)32-14-8-3-9-15-32/h1-19,24-25,37-38H,26-27H2,(H,45,50)(H,46,47)(H,48,49)/t38-/m0/s1. The molecule has 0 unspecified atom stereocenters. The molecule has 0 bridgehead atoms. The molecule has 1 aliphatic carbocycles. The van der Waals surface area contributed by atoms with Gasteiger partial charge in [0.05, 0.1) is 6.42 Å². The van der Waals surface area contributed by atoms with Crippen molar-refractivity contribution >= 4 is 78.2 Å². The molecule has 1 atom stereocenters. The molecular formula is C42H30I2N2O5S2. The van der Waals surface area contributed by atoms with Crippen LogP contribution in [0, 0.1) is 22.3 Å². The highest BCUT2D eigenvalue weighted by Gasteiger charge is 2.39. The van der Waals surface area contributed by atoms with Crippen LogP contribution >= 0.6 is 60.3 Å². The van der Waals surface area contributed by atoms with Crippen molar-refractivity contribution in [1.29, 1.82) is 0 Å². The molecule has 0 aromatic heterocycles. The predicted molar refractivity (Wildman–Crippen MR) is 229 cm³/mol. The van der Waals surface area contributed by atoms with Crippen LogP contribution in [-0.4, -0.2) is 35.7 Å². The van der Waals surface area contributed by atoms with E-state index < -0.39 is 36.0 Å². The Balaban J connectivity index is 1.23. The molecule has 0 heterocycles.